The van der Waals surface area contributed by atoms with Gasteiger partial charge in [-0.1, -0.05) is 60.1 Å². The van der Waals surface area contributed by atoms with E-state index in [1.54, 1.807) is 49.4 Å². The first kappa shape index (κ1) is 25.2. The molecule has 37 heavy (non-hydrogen) atoms. The van der Waals surface area contributed by atoms with Crippen LogP contribution in [0.2, 0.25) is 5.02 Å². The minimum atomic E-state index is -3.74. The molecule has 5 rings (SSSR count). The number of fused-ring (bicyclic) bond motifs is 1. The second kappa shape index (κ2) is 9.44. The van der Waals surface area contributed by atoms with Gasteiger partial charge in [-0.2, -0.15) is 4.31 Å². The zero-order valence-electron chi connectivity index (χ0n) is 20.1. The Bertz CT molecular complexity index is 1520. The second-order valence-corrected chi connectivity index (χ2v) is 11.6. The molecule has 192 valence electrons. The highest BCUT2D eigenvalue weighted by atomic mass is 35.5. The van der Waals surface area contributed by atoms with E-state index in [2.05, 4.69) is 5.32 Å². The third-order valence-electron chi connectivity index (χ3n) is 6.93. The number of benzene rings is 3. The van der Waals surface area contributed by atoms with Crippen molar-refractivity contribution in [3.8, 4) is 0 Å². The number of carbonyl (C=O) groups excluding carboxylic acids is 3. The van der Waals surface area contributed by atoms with E-state index < -0.39 is 40.0 Å². The van der Waals surface area contributed by atoms with Crippen LogP contribution in [0.4, 0.5) is 4.79 Å². The predicted octanol–water partition coefficient (Wildman–Crippen LogP) is 2.79. The molecule has 2 aliphatic rings. The Kier molecular flexibility index (Phi) is 6.43. The smallest absolute Gasteiger partial charge is 0.325 e. The summed E-state index contributed by atoms with van der Waals surface area (Å²) in [7, 11) is -3.74. The quantitative estimate of drug-likeness (QED) is 0.501. The largest absolute Gasteiger partial charge is 0.338 e. The number of hydrogen-bond acceptors (Lipinski definition) is 5. The van der Waals surface area contributed by atoms with Crippen LogP contribution in [0.1, 0.15) is 12.5 Å². The molecule has 0 saturated carbocycles. The summed E-state index contributed by atoms with van der Waals surface area (Å²) in [4.78, 5) is 41.3. The van der Waals surface area contributed by atoms with Crippen LogP contribution < -0.4 is 5.32 Å². The summed E-state index contributed by atoms with van der Waals surface area (Å²) in [5.74, 6) is -1.01. The van der Waals surface area contributed by atoms with Crippen molar-refractivity contribution in [1.29, 1.82) is 0 Å². The molecule has 1 atom stereocenters. The molecule has 0 radical (unpaired) electrons. The van der Waals surface area contributed by atoms with Gasteiger partial charge in [0, 0.05) is 36.8 Å². The van der Waals surface area contributed by atoms with Gasteiger partial charge < -0.3 is 10.2 Å². The minimum absolute atomic E-state index is 0.110. The molecule has 2 saturated heterocycles. The standard InChI is InChI=1S/C26H25ClN4O5S/c1-26(21-8-4-5-9-22(21)27)24(33)31(25(34)28-26)17-23(32)29-12-14-30(15-13-29)37(35,36)20-11-10-18-6-2-3-7-19(18)16-20/h2-11,16H,12-15,17H2,1H3,(H,28,34)/t26-/m0/s1. The number of imide groups is 1. The monoisotopic (exact) mass is 540 g/mol. The Labute approximate surface area is 219 Å². The number of sulfonamides is 1. The predicted molar refractivity (Wildman–Crippen MR) is 138 cm³/mol. The lowest BCUT2D eigenvalue weighted by atomic mass is 9.92. The highest BCUT2D eigenvalue weighted by molar-refractivity contribution is 7.89. The number of hydrogen-bond donors (Lipinski definition) is 1. The van der Waals surface area contributed by atoms with Gasteiger partial charge in [-0.05, 0) is 35.9 Å². The molecule has 2 aliphatic heterocycles. The van der Waals surface area contributed by atoms with E-state index in [0.29, 0.717) is 10.6 Å². The maximum Gasteiger partial charge on any atom is 0.325 e. The summed E-state index contributed by atoms with van der Waals surface area (Å²) in [6, 6.07) is 18.6. The number of piperazine rings is 1. The lowest BCUT2D eigenvalue weighted by Gasteiger charge is -2.34. The number of nitrogens with one attached hydrogen (secondary N) is 1. The first-order chi connectivity index (χ1) is 17.6. The third kappa shape index (κ3) is 4.45. The van der Waals surface area contributed by atoms with Crippen molar-refractivity contribution in [1.82, 2.24) is 19.4 Å². The van der Waals surface area contributed by atoms with E-state index >= 15 is 0 Å². The second-order valence-electron chi connectivity index (χ2n) is 9.22. The van der Waals surface area contributed by atoms with Crippen LogP contribution in [-0.4, -0.2) is 73.1 Å². The van der Waals surface area contributed by atoms with Crippen LogP contribution in [0.25, 0.3) is 10.8 Å². The minimum Gasteiger partial charge on any atom is -0.338 e. The number of carbonyl (C=O) groups is 3. The molecular formula is C26H25ClN4O5S. The summed E-state index contributed by atoms with van der Waals surface area (Å²) >= 11 is 6.25. The SMILES string of the molecule is C[C@@]1(c2ccccc2Cl)NC(=O)N(CC(=O)N2CCN(S(=O)(=O)c3ccc4ccccc4c3)CC2)C1=O. The molecule has 0 aromatic heterocycles. The average molecular weight is 541 g/mol. The molecule has 0 aliphatic carbocycles. The topological polar surface area (TPSA) is 107 Å². The van der Waals surface area contributed by atoms with E-state index in [4.69, 9.17) is 11.6 Å². The zero-order valence-corrected chi connectivity index (χ0v) is 21.6. The van der Waals surface area contributed by atoms with Gasteiger partial charge in [-0.25, -0.2) is 13.2 Å². The van der Waals surface area contributed by atoms with Crippen molar-refractivity contribution in [3.05, 3.63) is 77.3 Å². The summed E-state index contributed by atoms with van der Waals surface area (Å²) in [6.07, 6.45) is 0. The Morgan fingerprint density at radius 3 is 2.30 bits per heavy atom. The highest BCUT2D eigenvalue weighted by Crippen LogP contribution is 2.33. The van der Waals surface area contributed by atoms with Crippen molar-refractivity contribution < 1.29 is 22.8 Å². The molecule has 3 aromatic rings. The van der Waals surface area contributed by atoms with Gasteiger partial charge in [-0.3, -0.25) is 14.5 Å². The fraction of sp³-hybridized carbons (Fsp3) is 0.269. The summed E-state index contributed by atoms with van der Waals surface area (Å²) < 4.78 is 27.8. The Morgan fingerprint density at radius 2 is 1.59 bits per heavy atom. The Balaban J connectivity index is 1.24. The first-order valence-electron chi connectivity index (χ1n) is 11.8. The number of urea groups is 1. The molecule has 4 amide bonds. The van der Waals surface area contributed by atoms with Crippen molar-refractivity contribution in [2.75, 3.05) is 32.7 Å². The number of halogens is 1. The fourth-order valence-corrected chi connectivity index (χ4v) is 6.56. The van der Waals surface area contributed by atoms with E-state index in [-0.39, 0.29) is 31.1 Å². The molecular weight excluding hydrogens is 516 g/mol. The molecule has 2 fully saturated rings. The van der Waals surface area contributed by atoms with Crippen molar-refractivity contribution >= 4 is 50.2 Å². The third-order valence-corrected chi connectivity index (χ3v) is 9.16. The van der Waals surface area contributed by atoms with Crippen LogP contribution in [0.15, 0.2) is 71.6 Å². The van der Waals surface area contributed by atoms with Crippen LogP contribution >= 0.6 is 11.6 Å². The van der Waals surface area contributed by atoms with Gasteiger partial charge in [0.25, 0.3) is 5.91 Å². The van der Waals surface area contributed by atoms with Crippen molar-refractivity contribution in [2.24, 2.45) is 0 Å². The van der Waals surface area contributed by atoms with E-state index in [9.17, 15) is 22.8 Å². The number of nitrogens with zero attached hydrogens (tertiary/aromatic N) is 3. The van der Waals surface area contributed by atoms with Gasteiger partial charge in [0.2, 0.25) is 15.9 Å². The Morgan fingerprint density at radius 1 is 0.946 bits per heavy atom. The summed E-state index contributed by atoms with van der Waals surface area (Å²) in [5.41, 5.74) is -0.944. The molecule has 0 unspecified atom stereocenters. The number of rotatable bonds is 5. The lowest BCUT2D eigenvalue weighted by molar-refractivity contribution is -0.139. The van der Waals surface area contributed by atoms with Crippen molar-refractivity contribution in [2.45, 2.75) is 17.4 Å². The van der Waals surface area contributed by atoms with Gasteiger partial charge in [0.15, 0.2) is 0 Å². The van der Waals surface area contributed by atoms with Gasteiger partial charge in [0.05, 0.1) is 4.90 Å². The first-order valence-corrected chi connectivity index (χ1v) is 13.6. The molecule has 0 spiro atoms. The van der Waals surface area contributed by atoms with E-state index in [1.807, 2.05) is 24.3 Å². The average Bonchev–Trinajstić information content (AvgIpc) is 3.12. The van der Waals surface area contributed by atoms with Gasteiger partial charge in [-0.15, -0.1) is 0 Å². The molecule has 1 N–H and O–H groups in total. The molecule has 9 nitrogen and oxygen atoms in total. The van der Waals surface area contributed by atoms with Crippen LogP contribution in [-0.2, 0) is 25.2 Å². The van der Waals surface area contributed by atoms with Crippen LogP contribution in [0.5, 0.6) is 0 Å². The van der Waals surface area contributed by atoms with E-state index in [1.165, 1.54) is 9.21 Å². The number of amides is 4. The summed E-state index contributed by atoms with van der Waals surface area (Å²) in [5, 5.41) is 4.75. The van der Waals surface area contributed by atoms with Crippen LogP contribution in [0, 0.1) is 0 Å². The van der Waals surface area contributed by atoms with Crippen molar-refractivity contribution in [3.63, 3.8) is 0 Å². The zero-order chi connectivity index (χ0) is 26.4. The summed E-state index contributed by atoms with van der Waals surface area (Å²) in [6.45, 7) is 1.63. The maximum absolute atomic E-state index is 13.2. The van der Waals surface area contributed by atoms with E-state index in [0.717, 1.165) is 15.7 Å². The molecule has 0 bridgehead atoms. The maximum atomic E-state index is 13.2. The normalized spacial score (nSPS) is 20.9. The molecule has 11 heteroatoms. The fourth-order valence-electron chi connectivity index (χ4n) is 4.78. The Hall–Kier alpha value is -3.47. The molecule has 3 aromatic carbocycles. The van der Waals surface area contributed by atoms with Gasteiger partial charge >= 0.3 is 6.03 Å². The molecule has 2 heterocycles. The van der Waals surface area contributed by atoms with Gasteiger partial charge in [0.1, 0.15) is 12.1 Å². The van der Waals surface area contributed by atoms with Crippen LogP contribution in [0.3, 0.4) is 0 Å². The highest BCUT2D eigenvalue weighted by Gasteiger charge is 2.50. The lowest BCUT2D eigenvalue weighted by Crippen LogP contribution is -2.53.